The molecule has 0 radical (unpaired) electrons. The standard InChI is InChI=1S/C30H27N5O2/c1-37-23-17-15-21(16-18-23)26-28(31-24-14-8-9-19-35(24)30(26)36)32-29-25(20-10-4-2-5-11-20)27(33-34-29)22-12-6-3-7-13-22/h3,6-10,12-19H,2,4-5,11H2,1H3,(H2,32,33,34). The second-order valence-corrected chi connectivity index (χ2v) is 9.09. The molecule has 1 aliphatic rings. The maximum Gasteiger partial charge on any atom is 0.267 e. The Morgan fingerprint density at radius 1 is 0.919 bits per heavy atom. The van der Waals surface area contributed by atoms with Crippen molar-refractivity contribution in [2.45, 2.75) is 25.7 Å². The number of fused-ring (bicyclic) bond motifs is 1. The highest BCUT2D eigenvalue weighted by Crippen LogP contribution is 2.39. The van der Waals surface area contributed by atoms with Gasteiger partial charge in [0.05, 0.1) is 12.7 Å². The van der Waals surface area contributed by atoms with Gasteiger partial charge in [-0.2, -0.15) is 5.10 Å². The molecule has 7 nitrogen and oxygen atoms in total. The Balaban J connectivity index is 1.54. The molecule has 3 heterocycles. The molecule has 0 aliphatic heterocycles. The van der Waals surface area contributed by atoms with Crippen molar-refractivity contribution in [3.05, 3.63) is 101 Å². The topological polar surface area (TPSA) is 84.3 Å². The number of ether oxygens (including phenoxy) is 1. The quantitative estimate of drug-likeness (QED) is 0.286. The summed E-state index contributed by atoms with van der Waals surface area (Å²) in [5, 5.41) is 11.4. The first-order valence-electron chi connectivity index (χ1n) is 12.5. The fourth-order valence-electron chi connectivity index (χ4n) is 4.93. The van der Waals surface area contributed by atoms with E-state index in [2.05, 4.69) is 28.6 Å². The zero-order valence-corrected chi connectivity index (χ0v) is 20.6. The Bertz CT molecular complexity index is 1650. The Kier molecular flexibility index (Phi) is 6.02. The summed E-state index contributed by atoms with van der Waals surface area (Å²) in [5.74, 6) is 1.93. The van der Waals surface area contributed by atoms with Crippen molar-refractivity contribution in [2.24, 2.45) is 0 Å². The van der Waals surface area contributed by atoms with Gasteiger partial charge in [0, 0.05) is 17.3 Å². The lowest BCUT2D eigenvalue weighted by atomic mass is 9.91. The number of nitrogens with one attached hydrogen (secondary N) is 2. The summed E-state index contributed by atoms with van der Waals surface area (Å²) in [4.78, 5) is 18.6. The lowest BCUT2D eigenvalue weighted by Gasteiger charge is -2.17. The van der Waals surface area contributed by atoms with Gasteiger partial charge in [-0.1, -0.05) is 54.6 Å². The maximum absolute atomic E-state index is 13.7. The summed E-state index contributed by atoms with van der Waals surface area (Å²) in [5.41, 5.74) is 5.85. The van der Waals surface area contributed by atoms with E-state index in [1.807, 2.05) is 60.7 Å². The third kappa shape index (κ3) is 4.29. The number of nitrogens with zero attached hydrogens (tertiary/aromatic N) is 3. The van der Waals surface area contributed by atoms with E-state index < -0.39 is 0 Å². The van der Waals surface area contributed by atoms with Crippen LogP contribution in [0.3, 0.4) is 0 Å². The lowest BCUT2D eigenvalue weighted by molar-refractivity contribution is 0.415. The Morgan fingerprint density at radius 3 is 2.49 bits per heavy atom. The first-order chi connectivity index (χ1) is 18.2. The van der Waals surface area contributed by atoms with Crippen molar-refractivity contribution < 1.29 is 4.74 Å². The molecule has 7 heteroatoms. The number of aromatic nitrogens is 4. The molecule has 0 bridgehead atoms. The molecule has 0 spiro atoms. The Hall–Kier alpha value is -4.65. The van der Waals surface area contributed by atoms with Crippen LogP contribution in [-0.4, -0.2) is 26.7 Å². The molecule has 2 aromatic carbocycles. The van der Waals surface area contributed by atoms with Crippen molar-refractivity contribution in [1.29, 1.82) is 0 Å². The number of aromatic amines is 1. The highest BCUT2D eigenvalue weighted by atomic mass is 16.5. The van der Waals surface area contributed by atoms with E-state index in [1.54, 1.807) is 17.7 Å². The van der Waals surface area contributed by atoms with E-state index in [0.717, 1.165) is 53.2 Å². The average Bonchev–Trinajstić information content (AvgIpc) is 3.38. The van der Waals surface area contributed by atoms with Crippen LogP contribution in [0.4, 0.5) is 11.6 Å². The number of pyridine rings is 1. The molecule has 184 valence electrons. The molecule has 2 N–H and O–H groups in total. The number of allylic oxidation sites excluding steroid dienone is 2. The van der Waals surface area contributed by atoms with E-state index in [1.165, 1.54) is 12.0 Å². The second kappa shape index (κ2) is 9.78. The zero-order chi connectivity index (χ0) is 25.2. The van der Waals surface area contributed by atoms with Crippen LogP contribution >= 0.6 is 0 Å². The molecular formula is C30H27N5O2. The molecule has 0 fully saturated rings. The molecule has 37 heavy (non-hydrogen) atoms. The predicted octanol–water partition coefficient (Wildman–Crippen LogP) is 6.46. The summed E-state index contributed by atoms with van der Waals surface area (Å²) in [7, 11) is 1.62. The minimum absolute atomic E-state index is 0.153. The molecule has 0 amide bonds. The van der Waals surface area contributed by atoms with Crippen molar-refractivity contribution >= 4 is 22.9 Å². The van der Waals surface area contributed by atoms with Crippen LogP contribution in [0.1, 0.15) is 31.2 Å². The van der Waals surface area contributed by atoms with Gasteiger partial charge in [0.15, 0.2) is 0 Å². The Labute approximate surface area is 214 Å². The molecule has 6 rings (SSSR count). The summed E-state index contributed by atoms with van der Waals surface area (Å²) in [6.07, 6.45) is 8.39. The van der Waals surface area contributed by atoms with Gasteiger partial charge < -0.3 is 10.1 Å². The highest BCUT2D eigenvalue weighted by Gasteiger charge is 2.23. The van der Waals surface area contributed by atoms with Crippen LogP contribution in [0.5, 0.6) is 5.75 Å². The number of benzene rings is 2. The maximum atomic E-state index is 13.7. The van der Waals surface area contributed by atoms with Crippen LogP contribution in [0.25, 0.3) is 33.6 Å². The monoisotopic (exact) mass is 489 g/mol. The minimum Gasteiger partial charge on any atom is -0.497 e. The van der Waals surface area contributed by atoms with Crippen LogP contribution in [-0.2, 0) is 0 Å². The predicted molar refractivity (Wildman–Crippen MR) is 147 cm³/mol. The van der Waals surface area contributed by atoms with Crippen molar-refractivity contribution in [3.8, 4) is 28.1 Å². The number of methoxy groups -OCH3 is 1. The largest absolute Gasteiger partial charge is 0.497 e. The van der Waals surface area contributed by atoms with E-state index in [-0.39, 0.29) is 5.56 Å². The van der Waals surface area contributed by atoms with E-state index in [0.29, 0.717) is 17.0 Å². The van der Waals surface area contributed by atoms with Gasteiger partial charge >= 0.3 is 0 Å². The van der Waals surface area contributed by atoms with E-state index in [4.69, 9.17) is 14.8 Å². The molecule has 3 aromatic heterocycles. The highest BCUT2D eigenvalue weighted by molar-refractivity contribution is 5.89. The zero-order valence-electron chi connectivity index (χ0n) is 20.6. The van der Waals surface area contributed by atoms with Gasteiger partial charge in [0.2, 0.25) is 0 Å². The van der Waals surface area contributed by atoms with Crippen LogP contribution in [0.15, 0.2) is 89.9 Å². The second-order valence-electron chi connectivity index (χ2n) is 9.09. The molecule has 0 unspecified atom stereocenters. The fourth-order valence-corrected chi connectivity index (χ4v) is 4.93. The third-order valence-electron chi connectivity index (χ3n) is 6.78. The summed E-state index contributed by atoms with van der Waals surface area (Å²) in [6, 6.07) is 23.2. The van der Waals surface area contributed by atoms with Crippen LogP contribution in [0.2, 0.25) is 0 Å². The summed E-state index contributed by atoms with van der Waals surface area (Å²) < 4.78 is 6.89. The first-order valence-corrected chi connectivity index (χ1v) is 12.5. The number of hydrogen-bond acceptors (Lipinski definition) is 5. The SMILES string of the molecule is COc1ccc(-c2c(Nc3[nH]nc(-c4ccccc4)c3C3=CCCCC3)nc3ccccn3c2=O)cc1. The van der Waals surface area contributed by atoms with Gasteiger partial charge in [0.1, 0.15) is 28.7 Å². The Morgan fingerprint density at radius 2 is 1.73 bits per heavy atom. The summed E-state index contributed by atoms with van der Waals surface area (Å²) >= 11 is 0. The van der Waals surface area contributed by atoms with Crippen molar-refractivity contribution in [1.82, 2.24) is 19.6 Å². The molecule has 0 saturated heterocycles. The number of anilines is 2. The normalized spacial score (nSPS) is 13.4. The number of rotatable bonds is 6. The number of hydrogen-bond donors (Lipinski definition) is 2. The molecule has 0 saturated carbocycles. The lowest BCUT2D eigenvalue weighted by Crippen LogP contribution is -2.19. The molecule has 1 aliphatic carbocycles. The van der Waals surface area contributed by atoms with Gasteiger partial charge in [0.25, 0.3) is 5.56 Å². The van der Waals surface area contributed by atoms with Crippen LogP contribution in [0, 0.1) is 0 Å². The molecular weight excluding hydrogens is 462 g/mol. The van der Waals surface area contributed by atoms with Gasteiger partial charge in [-0.3, -0.25) is 14.3 Å². The van der Waals surface area contributed by atoms with Gasteiger partial charge in [-0.15, -0.1) is 0 Å². The van der Waals surface area contributed by atoms with E-state index >= 15 is 0 Å². The van der Waals surface area contributed by atoms with Crippen molar-refractivity contribution in [2.75, 3.05) is 12.4 Å². The number of H-pyrrole nitrogens is 1. The smallest absolute Gasteiger partial charge is 0.267 e. The molecule has 5 aromatic rings. The van der Waals surface area contributed by atoms with Crippen molar-refractivity contribution in [3.63, 3.8) is 0 Å². The average molecular weight is 490 g/mol. The van der Waals surface area contributed by atoms with Gasteiger partial charge in [-0.25, -0.2) is 4.98 Å². The molecule has 0 atom stereocenters. The van der Waals surface area contributed by atoms with E-state index in [9.17, 15) is 4.79 Å². The van der Waals surface area contributed by atoms with Gasteiger partial charge in [-0.05, 0) is 61.1 Å². The third-order valence-corrected chi connectivity index (χ3v) is 6.78. The summed E-state index contributed by atoms with van der Waals surface area (Å²) in [6.45, 7) is 0. The fraction of sp³-hybridized carbons (Fsp3) is 0.167. The van der Waals surface area contributed by atoms with Crippen LogP contribution < -0.4 is 15.6 Å². The first kappa shape index (κ1) is 22.8. The minimum atomic E-state index is -0.153.